The van der Waals surface area contributed by atoms with Crippen LogP contribution in [-0.4, -0.2) is 5.91 Å². The van der Waals surface area contributed by atoms with Gasteiger partial charge in [-0.1, -0.05) is 30.3 Å². The Morgan fingerprint density at radius 3 is 2.75 bits per heavy atom. The molecule has 84 valence electrons. The fourth-order valence-corrected chi connectivity index (χ4v) is 1.49. The van der Waals surface area contributed by atoms with E-state index in [4.69, 9.17) is 6.42 Å². The Labute approximate surface area is 97.1 Å². The Bertz CT molecular complexity index is 364. The van der Waals surface area contributed by atoms with Crippen LogP contribution in [0.2, 0.25) is 0 Å². The second-order valence-corrected chi connectivity index (χ2v) is 3.76. The molecule has 1 amide bonds. The van der Waals surface area contributed by atoms with Crippen molar-refractivity contribution in [1.29, 1.82) is 0 Å². The van der Waals surface area contributed by atoms with Gasteiger partial charge in [-0.05, 0) is 18.9 Å². The zero-order valence-electron chi connectivity index (χ0n) is 9.57. The van der Waals surface area contributed by atoms with Crippen LogP contribution in [0.4, 0.5) is 0 Å². The minimum absolute atomic E-state index is 0.0551. The largest absolute Gasteiger partial charge is 0.350 e. The van der Waals surface area contributed by atoms with Gasteiger partial charge in [0.2, 0.25) is 5.91 Å². The first kappa shape index (κ1) is 12.3. The average Bonchev–Trinajstić information content (AvgIpc) is 2.30. The summed E-state index contributed by atoms with van der Waals surface area (Å²) >= 11 is 0. The molecule has 0 aliphatic rings. The fraction of sp³-hybridized carbons (Fsp3) is 0.357. The summed E-state index contributed by atoms with van der Waals surface area (Å²) in [4.78, 5) is 11.5. The topological polar surface area (TPSA) is 29.1 Å². The van der Waals surface area contributed by atoms with Crippen LogP contribution in [0, 0.1) is 12.3 Å². The van der Waals surface area contributed by atoms with Crippen molar-refractivity contribution in [3.05, 3.63) is 35.9 Å². The first-order chi connectivity index (χ1) is 7.74. The van der Waals surface area contributed by atoms with Gasteiger partial charge in [-0.15, -0.1) is 12.3 Å². The molecule has 1 rings (SSSR count). The van der Waals surface area contributed by atoms with Gasteiger partial charge in [0.1, 0.15) is 0 Å². The van der Waals surface area contributed by atoms with Crippen LogP contribution in [0.15, 0.2) is 30.3 Å². The number of carbonyl (C=O) groups excluding carboxylic acids is 1. The van der Waals surface area contributed by atoms with E-state index >= 15 is 0 Å². The number of nitrogens with one attached hydrogen (secondary N) is 1. The van der Waals surface area contributed by atoms with Crippen LogP contribution in [-0.2, 0) is 4.79 Å². The van der Waals surface area contributed by atoms with Gasteiger partial charge in [0.25, 0.3) is 0 Å². The standard InChI is InChI=1S/C14H17NO/c1-3-4-6-11-14(16)15-12(2)13-9-7-5-8-10-13/h1,5,7-10,12H,4,6,11H2,2H3,(H,15,16). The van der Waals surface area contributed by atoms with E-state index in [0.717, 1.165) is 12.0 Å². The van der Waals surface area contributed by atoms with Gasteiger partial charge < -0.3 is 5.32 Å². The van der Waals surface area contributed by atoms with Gasteiger partial charge >= 0.3 is 0 Å². The normalized spacial score (nSPS) is 11.5. The van der Waals surface area contributed by atoms with E-state index in [2.05, 4.69) is 11.2 Å². The Hall–Kier alpha value is -1.75. The van der Waals surface area contributed by atoms with Crippen molar-refractivity contribution in [3.63, 3.8) is 0 Å². The number of unbranched alkanes of at least 4 members (excludes halogenated alkanes) is 1. The molecule has 0 saturated carbocycles. The minimum Gasteiger partial charge on any atom is -0.350 e. The van der Waals surface area contributed by atoms with Crippen molar-refractivity contribution in [3.8, 4) is 12.3 Å². The average molecular weight is 215 g/mol. The van der Waals surface area contributed by atoms with Gasteiger partial charge in [-0.3, -0.25) is 4.79 Å². The molecule has 2 nitrogen and oxygen atoms in total. The Kier molecular flexibility index (Phi) is 5.15. The third-order valence-electron chi connectivity index (χ3n) is 2.40. The van der Waals surface area contributed by atoms with Crippen LogP contribution in [0.25, 0.3) is 0 Å². The summed E-state index contributed by atoms with van der Waals surface area (Å²) in [5, 5.41) is 2.95. The first-order valence-electron chi connectivity index (χ1n) is 5.52. The van der Waals surface area contributed by atoms with Gasteiger partial charge in [0.15, 0.2) is 0 Å². The fourth-order valence-electron chi connectivity index (χ4n) is 1.49. The molecular weight excluding hydrogens is 198 g/mol. The number of benzene rings is 1. The quantitative estimate of drug-likeness (QED) is 0.594. The lowest BCUT2D eigenvalue weighted by molar-refractivity contribution is -0.121. The van der Waals surface area contributed by atoms with E-state index in [1.165, 1.54) is 0 Å². The number of terminal acetylenes is 1. The molecule has 0 heterocycles. The van der Waals surface area contributed by atoms with E-state index in [-0.39, 0.29) is 11.9 Å². The Morgan fingerprint density at radius 2 is 2.12 bits per heavy atom. The molecule has 0 aliphatic carbocycles. The molecule has 2 heteroatoms. The number of amides is 1. The van der Waals surface area contributed by atoms with Crippen molar-refractivity contribution in [2.24, 2.45) is 0 Å². The highest BCUT2D eigenvalue weighted by molar-refractivity contribution is 5.76. The zero-order chi connectivity index (χ0) is 11.8. The highest BCUT2D eigenvalue weighted by atomic mass is 16.1. The van der Waals surface area contributed by atoms with E-state index in [1.807, 2.05) is 37.3 Å². The smallest absolute Gasteiger partial charge is 0.220 e. The monoisotopic (exact) mass is 215 g/mol. The molecule has 16 heavy (non-hydrogen) atoms. The molecule has 0 saturated heterocycles. The summed E-state index contributed by atoms with van der Waals surface area (Å²) in [5.41, 5.74) is 1.12. The number of hydrogen-bond donors (Lipinski definition) is 1. The molecule has 0 fully saturated rings. The molecule has 1 N–H and O–H groups in total. The summed E-state index contributed by atoms with van der Waals surface area (Å²) < 4.78 is 0. The van der Waals surface area contributed by atoms with Crippen molar-refractivity contribution in [2.45, 2.75) is 32.2 Å². The number of rotatable bonds is 5. The summed E-state index contributed by atoms with van der Waals surface area (Å²) in [6.45, 7) is 1.98. The molecular formula is C14H17NO. The van der Waals surface area contributed by atoms with E-state index in [1.54, 1.807) is 0 Å². The van der Waals surface area contributed by atoms with Crippen LogP contribution >= 0.6 is 0 Å². The maximum Gasteiger partial charge on any atom is 0.220 e. The lowest BCUT2D eigenvalue weighted by atomic mass is 10.1. The summed E-state index contributed by atoms with van der Waals surface area (Å²) in [5.74, 6) is 2.59. The van der Waals surface area contributed by atoms with Crippen molar-refractivity contribution >= 4 is 5.91 Å². The van der Waals surface area contributed by atoms with Crippen LogP contribution in [0.3, 0.4) is 0 Å². The van der Waals surface area contributed by atoms with Crippen molar-refractivity contribution in [2.75, 3.05) is 0 Å². The summed E-state index contributed by atoms with van der Waals surface area (Å²) in [6, 6.07) is 9.97. The van der Waals surface area contributed by atoms with Gasteiger partial charge in [-0.25, -0.2) is 0 Å². The molecule has 1 atom stereocenters. The maximum absolute atomic E-state index is 11.5. The third-order valence-corrected chi connectivity index (χ3v) is 2.40. The maximum atomic E-state index is 11.5. The highest BCUT2D eigenvalue weighted by Crippen LogP contribution is 2.11. The van der Waals surface area contributed by atoms with Crippen molar-refractivity contribution in [1.82, 2.24) is 5.32 Å². The van der Waals surface area contributed by atoms with Crippen molar-refractivity contribution < 1.29 is 4.79 Å². The molecule has 1 aromatic rings. The Balaban J connectivity index is 2.37. The predicted octanol–water partition coefficient (Wildman–Crippen LogP) is 2.67. The molecule has 1 aromatic carbocycles. The second-order valence-electron chi connectivity index (χ2n) is 3.76. The lowest BCUT2D eigenvalue weighted by Gasteiger charge is -2.13. The highest BCUT2D eigenvalue weighted by Gasteiger charge is 2.07. The first-order valence-corrected chi connectivity index (χ1v) is 5.52. The number of hydrogen-bond acceptors (Lipinski definition) is 1. The third kappa shape index (κ3) is 4.18. The molecule has 0 radical (unpaired) electrons. The van der Waals surface area contributed by atoms with Gasteiger partial charge in [-0.2, -0.15) is 0 Å². The van der Waals surface area contributed by atoms with Crippen LogP contribution in [0.5, 0.6) is 0 Å². The molecule has 0 aliphatic heterocycles. The molecule has 0 aromatic heterocycles. The molecule has 0 spiro atoms. The van der Waals surface area contributed by atoms with Crippen LogP contribution in [0.1, 0.15) is 37.8 Å². The predicted molar refractivity (Wildman–Crippen MR) is 65.7 cm³/mol. The van der Waals surface area contributed by atoms with Gasteiger partial charge in [0.05, 0.1) is 6.04 Å². The SMILES string of the molecule is C#CCCCC(=O)NC(C)c1ccccc1. The van der Waals surface area contributed by atoms with E-state index in [0.29, 0.717) is 12.8 Å². The van der Waals surface area contributed by atoms with Crippen LogP contribution < -0.4 is 5.32 Å². The van der Waals surface area contributed by atoms with E-state index < -0.39 is 0 Å². The zero-order valence-corrected chi connectivity index (χ0v) is 9.57. The lowest BCUT2D eigenvalue weighted by Crippen LogP contribution is -2.26. The minimum atomic E-state index is 0.0551. The second kappa shape index (κ2) is 6.68. The molecule has 0 bridgehead atoms. The summed E-state index contributed by atoms with van der Waals surface area (Å²) in [7, 11) is 0. The van der Waals surface area contributed by atoms with E-state index in [9.17, 15) is 4.79 Å². The van der Waals surface area contributed by atoms with Gasteiger partial charge in [0, 0.05) is 12.8 Å². The Morgan fingerprint density at radius 1 is 1.44 bits per heavy atom. The molecule has 1 unspecified atom stereocenters. The number of carbonyl (C=O) groups is 1. The summed E-state index contributed by atoms with van der Waals surface area (Å²) in [6.07, 6.45) is 7.04.